The summed E-state index contributed by atoms with van der Waals surface area (Å²) in [5, 5.41) is 0. The molecule has 0 aromatic carbocycles. The molecule has 0 saturated heterocycles. The van der Waals surface area contributed by atoms with E-state index in [0.717, 1.165) is 30.5 Å². The van der Waals surface area contributed by atoms with Crippen LogP contribution in [0.4, 0.5) is 0 Å². The van der Waals surface area contributed by atoms with E-state index in [1.54, 1.807) is 6.92 Å². The minimum atomic E-state index is -0.354. The molecule has 0 amide bonds. The number of hydrogen-bond donors (Lipinski definition) is 0. The predicted octanol–water partition coefficient (Wildman–Crippen LogP) is 2.19. The Hall–Kier alpha value is -2.08. The second kappa shape index (κ2) is 8.34. The van der Waals surface area contributed by atoms with Crippen LogP contribution in [0.25, 0.3) is 0 Å². The van der Waals surface area contributed by atoms with Crippen molar-refractivity contribution in [1.29, 1.82) is 0 Å². The van der Waals surface area contributed by atoms with Gasteiger partial charge in [0, 0.05) is 32.4 Å². The first-order chi connectivity index (χ1) is 11.8. The number of aromatic nitrogens is 1. The van der Waals surface area contributed by atoms with Gasteiger partial charge in [0.1, 0.15) is 5.69 Å². The number of aryl methyl sites for hydroxylation is 1. The molecule has 0 N–H and O–H groups in total. The van der Waals surface area contributed by atoms with E-state index < -0.39 is 0 Å². The fourth-order valence-corrected chi connectivity index (χ4v) is 3.19. The summed E-state index contributed by atoms with van der Waals surface area (Å²) >= 11 is 0. The Bertz CT molecular complexity index is 672. The van der Waals surface area contributed by atoms with E-state index in [1.807, 2.05) is 49.9 Å². The van der Waals surface area contributed by atoms with Crippen molar-refractivity contribution in [1.82, 2.24) is 14.4 Å². The number of allylic oxidation sites excluding steroid dienone is 1. The molecule has 1 aromatic heterocycles. The number of esters is 1. The number of ether oxygens (including phenoxy) is 1. The zero-order valence-corrected chi connectivity index (χ0v) is 16.0. The van der Waals surface area contributed by atoms with Crippen LogP contribution in [0.1, 0.15) is 46.3 Å². The maximum atomic E-state index is 13.0. The van der Waals surface area contributed by atoms with Crippen molar-refractivity contribution in [2.45, 2.75) is 32.7 Å². The van der Waals surface area contributed by atoms with Crippen LogP contribution in [-0.4, -0.2) is 67.5 Å². The molecule has 0 unspecified atom stereocenters. The maximum Gasteiger partial charge on any atom is 0.354 e. The largest absolute Gasteiger partial charge is 0.461 e. The van der Waals surface area contributed by atoms with Crippen molar-refractivity contribution in [3.05, 3.63) is 34.8 Å². The zero-order chi connectivity index (χ0) is 18.6. The van der Waals surface area contributed by atoms with E-state index in [-0.39, 0.29) is 11.8 Å². The Morgan fingerprint density at radius 3 is 2.60 bits per heavy atom. The molecule has 1 aliphatic carbocycles. The van der Waals surface area contributed by atoms with E-state index in [1.165, 1.54) is 0 Å². The van der Waals surface area contributed by atoms with Crippen LogP contribution in [0.3, 0.4) is 0 Å². The second-order valence-electron chi connectivity index (χ2n) is 6.88. The molecule has 0 saturated carbocycles. The standard InChI is InChI=1S/C19H29N3O3/c1-6-25-19(24)16-12-14-8-9-15(13-21(4)5)18(23)17(14)22(16)11-7-10-20(2)3/h12-13H,6-11H2,1-5H3. The number of carbonyl (C=O) groups is 2. The first-order valence-electron chi connectivity index (χ1n) is 8.81. The lowest BCUT2D eigenvalue weighted by Gasteiger charge is -2.20. The minimum absolute atomic E-state index is 0.0235. The summed E-state index contributed by atoms with van der Waals surface area (Å²) in [5.74, 6) is -0.331. The highest BCUT2D eigenvalue weighted by atomic mass is 16.5. The quantitative estimate of drug-likeness (QED) is 0.559. The summed E-state index contributed by atoms with van der Waals surface area (Å²) in [6.07, 6.45) is 4.22. The van der Waals surface area contributed by atoms with Crippen molar-refractivity contribution >= 4 is 11.8 Å². The Kier molecular flexibility index (Phi) is 6.42. The Balaban J connectivity index is 2.41. The summed E-state index contributed by atoms with van der Waals surface area (Å²) in [7, 11) is 7.85. The molecule has 6 heteroatoms. The van der Waals surface area contributed by atoms with Crippen LogP contribution in [-0.2, 0) is 17.7 Å². The van der Waals surface area contributed by atoms with Gasteiger partial charge < -0.3 is 19.1 Å². The fourth-order valence-electron chi connectivity index (χ4n) is 3.19. The van der Waals surface area contributed by atoms with Crippen molar-refractivity contribution in [2.24, 2.45) is 0 Å². The van der Waals surface area contributed by atoms with E-state index in [4.69, 9.17) is 4.74 Å². The Morgan fingerprint density at radius 1 is 1.28 bits per heavy atom. The topological polar surface area (TPSA) is 54.8 Å². The number of fused-ring (bicyclic) bond motifs is 1. The third kappa shape index (κ3) is 4.51. The molecule has 6 nitrogen and oxygen atoms in total. The molecule has 0 fully saturated rings. The molecule has 25 heavy (non-hydrogen) atoms. The Morgan fingerprint density at radius 2 is 2.00 bits per heavy atom. The van der Waals surface area contributed by atoms with E-state index >= 15 is 0 Å². The number of rotatable bonds is 7. The molecule has 0 aliphatic heterocycles. The van der Waals surface area contributed by atoms with Crippen LogP contribution >= 0.6 is 0 Å². The molecule has 1 aromatic rings. The molecular weight excluding hydrogens is 318 g/mol. The van der Waals surface area contributed by atoms with Crippen molar-refractivity contribution in [3.8, 4) is 0 Å². The molecule has 138 valence electrons. The molecule has 1 aliphatic rings. The summed E-state index contributed by atoms with van der Waals surface area (Å²) in [4.78, 5) is 29.3. The fraction of sp³-hybridized carbons (Fsp3) is 0.579. The highest BCUT2D eigenvalue weighted by molar-refractivity contribution is 6.10. The van der Waals surface area contributed by atoms with Gasteiger partial charge in [-0.25, -0.2) is 4.79 Å². The van der Waals surface area contributed by atoms with Gasteiger partial charge in [-0.15, -0.1) is 0 Å². The smallest absolute Gasteiger partial charge is 0.354 e. The lowest BCUT2D eigenvalue weighted by molar-refractivity contribution is 0.0513. The van der Waals surface area contributed by atoms with E-state index in [0.29, 0.717) is 31.0 Å². The Labute approximate surface area is 150 Å². The number of nitrogens with zero attached hydrogens (tertiary/aromatic N) is 3. The van der Waals surface area contributed by atoms with Gasteiger partial charge in [-0.1, -0.05) is 0 Å². The number of Topliss-reactive ketones (excluding diaryl/α,β-unsaturated/α-hetero) is 1. The normalized spacial score (nSPS) is 15.6. The third-order valence-corrected chi connectivity index (χ3v) is 4.23. The lowest BCUT2D eigenvalue weighted by Crippen LogP contribution is -2.23. The average Bonchev–Trinajstić information content (AvgIpc) is 2.89. The van der Waals surface area contributed by atoms with Crippen molar-refractivity contribution < 1.29 is 14.3 Å². The third-order valence-electron chi connectivity index (χ3n) is 4.23. The first kappa shape index (κ1) is 19.2. The summed E-state index contributed by atoms with van der Waals surface area (Å²) in [5.41, 5.74) is 2.89. The molecule has 0 bridgehead atoms. The maximum absolute atomic E-state index is 13.0. The lowest BCUT2D eigenvalue weighted by atomic mass is 9.92. The number of hydrogen-bond acceptors (Lipinski definition) is 5. The zero-order valence-electron chi connectivity index (χ0n) is 16.0. The number of carbonyl (C=O) groups excluding carboxylic acids is 2. The molecule has 1 heterocycles. The molecule has 0 spiro atoms. The van der Waals surface area contributed by atoms with Crippen LogP contribution in [0, 0.1) is 0 Å². The van der Waals surface area contributed by atoms with Gasteiger partial charge in [-0.2, -0.15) is 0 Å². The van der Waals surface area contributed by atoms with Crippen LogP contribution in [0.2, 0.25) is 0 Å². The van der Waals surface area contributed by atoms with Crippen molar-refractivity contribution in [2.75, 3.05) is 41.3 Å². The van der Waals surface area contributed by atoms with Gasteiger partial charge in [0.25, 0.3) is 0 Å². The highest BCUT2D eigenvalue weighted by Crippen LogP contribution is 2.29. The number of ketones is 1. The van der Waals surface area contributed by atoms with E-state index in [2.05, 4.69) is 4.90 Å². The van der Waals surface area contributed by atoms with Crippen LogP contribution in [0.5, 0.6) is 0 Å². The highest BCUT2D eigenvalue weighted by Gasteiger charge is 2.30. The van der Waals surface area contributed by atoms with Gasteiger partial charge in [0.05, 0.1) is 12.3 Å². The van der Waals surface area contributed by atoms with Crippen molar-refractivity contribution in [3.63, 3.8) is 0 Å². The predicted molar refractivity (Wildman–Crippen MR) is 98.0 cm³/mol. The summed E-state index contributed by atoms with van der Waals surface area (Å²) in [6, 6.07) is 1.84. The van der Waals surface area contributed by atoms with Crippen LogP contribution in [0.15, 0.2) is 17.8 Å². The average molecular weight is 347 g/mol. The van der Waals surface area contributed by atoms with Gasteiger partial charge in [0.15, 0.2) is 0 Å². The van der Waals surface area contributed by atoms with Gasteiger partial charge >= 0.3 is 5.97 Å². The summed E-state index contributed by atoms with van der Waals surface area (Å²) < 4.78 is 7.06. The summed E-state index contributed by atoms with van der Waals surface area (Å²) in [6.45, 7) is 3.64. The minimum Gasteiger partial charge on any atom is -0.461 e. The molecular formula is C19H29N3O3. The van der Waals surface area contributed by atoms with Gasteiger partial charge in [0.2, 0.25) is 5.78 Å². The SMILES string of the molecule is CCOC(=O)c1cc2c(n1CCCN(C)C)C(=O)C(=CN(C)C)CC2. The molecule has 0 atom stereocenters. The van der Waals surface area contributed by atoms with E-state index in [9.17, 15) is 9.59 Å². The second-order valence-corrected chi connectivity index (χ2v) is 6.88. The monoisotopic (exact) mass is 347 g/mol. The van der Waals surface area contributed by atoms with Gasteiger partial charge in [-0.05, 0) is 58.5 Å². The molecule has 0 radical (unpaired) electrons. The first-order valence-corrected chi connectivity index (χ1v) is 8.81. The molecule has 2 rings (SSSR count). The van der Waals surface area contributed by atoms with Crippen LogP contribution < -0.4 is 0 Å². The van der Waals surface area contributed by atoms with Gasteiger partial charge in [-0.3, -0.25) is 4.79 Å².